The molecule has 0 atom stereocenters. The minimum Gasteiger partial charge on any atom is -0.481 e. The molecular weight excluding hydrogens is 218 g/mol. The minimum absolute atomic E-state index is 0.111. The van der Waals surface area contributed by atoms with Gasteiger partial charge < -0.3 is 10.4 Å². The van der Waals surface area contributed by atoms with Crippen LogP contribution in [0.25, 0.3) is 0 Å². The highest BCUT2D eigenvalue weighted by atomic mass is 16.4. The van der Waals surface area contributed by atoms with Crippen LogP contribution in [0.5, 0.6) is 0 Å². The number of rotatable bonds is 3. The Morgan fingerprint density at radius 3 is 2.12 bits per heavy atom. The van der Waals surface area contributed by atoms with E-state index in [1.165, 1.54) is 0 Å². The third kappa shape index (κ3) is 4.02. The van der Waals surface area contributed by atoms with E-state index in [9.17, 15) is 14.7 Å². The highest BCUT2D eigenvalue weighted by molar-refractivity contribution is 5.85. The van der Waals surface area contributed by atoms with Crippen LogP contribution >= 0.6 is 0 Å². The molecule has 0 saturated heterocycles. The van der Waals surface area contributed by atoms with E-state index in [-0.39, 0.29) is 17.9 Å². The molecule has 0 heterocycles. The van der Waals surface area contributed by atoms with Gasteiger partial charge in [0.2, 0.25) is 5.91 Å². The Morgan fingerprint density at radius 1 is 1.18 bits per heavy atom. The van der Waals surface area contributed by atoms with Gasteiger partial charge in [-0.05, 0) is 33.6 Å². The number of amides is 1. The SMILES string of the molecule is CC(C)(C)NC(=O)CC1(C(=O)O)CCCCC1. The van der Waals surface area contributed by atoms with Gasteiger partial charge in [0, 0.05) is 12.0 Å². The number of hydrogen-bond donors (Lipinski definition) is 2. The molecule has 98 valence electrons. The third-order valence-electron chi connectivity index (χ3n) is 3.28. The number of carboxylic acid groups (broad SMARTS) is 1. The number of nitrogens with one attached hydrogen (secondary N) is 1. The van der Waals surface area contributed by atoms with Gasteiger partial charge in [0.15, 0.2) is 0 Å². The zero-order valence-corrected chi connectivity index (χ0v) is 11.0. The van der Waals surface area contributed by atoms with Crippen molar-refractivity contribution < 1.29 is 14.7 Å². The van der Waals surface area contributed by atoms with Gasteiger partial charge in [0.25, 0.3) is 0 Å². The molecule has 1 aliphatic carbocycles. The summed E-state index contributed by atoms with van der Waals surface area (Å²) < 4.78 is 0. The summed E-state index contributed by atoms with van der Waals surface area (Å²) in [4.78, 5) is 23.3. The predicted molar refractivity (Wildman–Crippen MR) is 65.7 cm³/mol. The lowest BCUT2D eigenvalue weighted by atomic mass is 9.71. The summed E-state index contributed by atoms with van der Waals surface area (Å²) in [7, 11) is 0. The quantitative estimate of drug-likeness (QED) is 0.797. The second-order valence-corrected chi connectivity index (χ2v) is 6.12. The van der Waals surface area contributed by atoms with Crippen molar-refractivity contribution >= 4 is 11.9 Å². The van der Waals surface area contributed by atoms with Gasteiger partial charge in [0.1, 0.15) is 0 Å². The number of aliphatic carboxylic acids is 1. The van der Waals surface area contributed by atoms with Crippen molar-refractivity contribution in [1.29, 1.82) is 0 Å². The predicted octanol–water partition coefficient (Wildman–Crippen LogP) is 2.33. The van der Waals surface area contributed by atoms with E-state index in [1.54, 1.807) is 0 Å². The Kier molecular flexibility index (Phi) is 4.17. The lowest BCUT2D eigenvalue weighted by molar-refractivity contribution is -0.154. The molecular formula is C13H23NO3. The van der Waals surface area contributed by atoms with Gasteiger partial charge in [-0.3, -0.25) is 9.59 Å². The second-order valence-electron chi connectivity index (χ2n) is 6.12. The van der Waals surface area contributed by atoms with Crippen LogP contribution in [0.4, 0.5) is 0 Å². The molecule has 17 heavy (non-hydrogen) atoms. The first-order chi connectivity index (χ1) is 7.75. The van der Waals surface area contributed by atoms with Crippen LogP contribution in [-0.4, -0.2) is 22.5 Å². The van der Waals surface area contributed by atoms with Crippen LogP contribution in [0, 0.1) is 5.41 Å². The summed E-state index contributed by atoms with van der Waals surface area (Å²) in [5, 5.41) is 12.2. The Morgan fingerprint density at radius 2 is 1.71 bits per heavy atom. The molecule has 1 amide bonds. The average Bonchev–Trinajstić information content (AvgIpc) is 2.15. The largest absolute Gasteiger partial charge is 0.481 e. The van der Waals surface area contributed by atoms with E-state index in [2.05, 4.69) is 5.32 Å². The van der Waals surface area contributed by atoms with E-state index in [0.29, 0.717) is 12.8 Å². The summed E-state index contributed by atoms with van der Waals surface area (Å²) in [6, 6.07) is 0. The first-order valence-electron chi connectivity index (χ1n) is 6.30. The molecule has 4 heteroatoms. The summed E-state index contributed by atoms with van der Waals surface area (Å²) in [6.07, 6.45) is 4.26. The molecule has 0 aliphatic heterocycles. The molecule has 0 spiro atoms. The standard InChI is InChI=1S/C13H23NO3/c1-12(2,3)14-10(15)9-13(11(16)17)7-5-4-6-8-13/h4-9H2,1-3H3,(H,14,15)(H,16,17). The maximum absolute atomic E-state index is 11.9. The first kappa shape index (κ1) is 14.0. The molecule has 0 aromatic carbocycles. The lowest BCUT2D eigenvalue weighted by Gasteiger charge is -2.33. The van der Waals surface area contributed by atoms with Crippen molar-refractivity contribution in [3.63, 3.8) is 0 Å². The smallest absolute Gasteiger partial charge is 0.310 e. The van der Waals surface area contributed by atoms with Gasteiger partial charge in [0.05, 0.1) is 5.41 Å². The van der Waals surface area contributed by atoms with Crippen LogP contribution in [0.3, 0.4) is 0 Å². The molecule has 1 fully saturated rings. The van der Waals surface area contributed by atoms with Crippen molar-refractivity contribution in [3.8, 4) is 0 Å². The van der Waals surface area contributed by atoms with Crippen molar-refractivity contribution in [2.45, 2.75) is 64.8 Å². The summed E-state index contributed by atoms with van der Waals surface area (Å²) >= 11 is 0. The molecule has 0 radical (unpaired) electrons. The van der Waals surface area contributed by atoms with Crippen LogP contribution in [-0.2, 0) is 9.59 Å². The van der Waals surface area contributed by atoms with Gasteiger partial charge in [-0.1, -0.05) is 19.3 Å². The maximum Gasteiger partial charge on any atom is 0.310 e. The number of carboxylic acids is 1. The number of carbonyl (C=O) groups is 2. The van der Waals surface area contributed by atoms with Crippen LogP contribution in [0.15, 0.2) is 0 Å². The monoisotopic (exact) mass is 241 g/mol. The maximum atomic E-state index is 11.9. The molecule has 1 rings (SSSR count). The van der Waals surface area contributed by atoms with Gasteiger partial charge in [-0.2, -0.15) is 0 Å². The Bertz CT molecular complexity index is 298. The van der Waals surface area contributed by atoms with Gasteiger partial charge in [-0.25, -0.2) is 0 Å². The first-order valence-corrected chi connectivity index (χ1v) is 6.30. The fraction of sp³-hybridized carbons (Fsp3) is 0.846. The van der Waals surface area contributed by atoms with Crippen molar-refractivity contribution in [2.24, 2.45) is 5.41 Å². The van der Waals surface area contributed by atoms with Crippen LogP contribution in [0.1, 0.15) is 59.3 Å². The lowest BCUT2D eigenvalue weighted by Crippen LogP contribution is -2.45. The van der Waals surface area contributed by atoms with Crippen LogP contribution < -0.4 is 5.32 Å². The van der Waals surface area contributed by atoms with E-state index in [1.807, 2.05) is 20.8 Å². The molecule has 0 aromatic heterocycles. The van der Waals surface area contributed by atoms with Crippen molar-refractivity contribution in [2.75, 3.05) is 0 Å². The zero-order chi connectivity index (χ0) is 13.1. The minimum atomic E-state index is -0.826. The van der Waals surface area contributed by atoms with Crippen molar-refractivity contribution in [1.82, 2.24) is 5.32 Å². The molecule has 4 nitrogen and oxygen atoms in total. The van der Waals surface area contributed by atoms with Gasteiger partial charge >= 0.3 is 5.97 Å². The summed E-state index contributed by atoms with van der Waals surface area (Å²) in [6.45, 7) is 5.71. The van der Waals surface area contributed by atoms with E-state index in [0.717, 1.165) is 19.3 Å². The number of carbonyl (C=O) groups excluding carboxylic acids is 1. The van der Waals surface area contributed by atoms with E-state index < -0.39 is 11.4 Å². The highest BCUT2D eigenvalue weighted by Gasteiger charge is 2.41. The Balaban J connectivity index is 2.67. The molecule has 0 unspecified atom stereocenters. The molecule has 0 bridgehead atoms. The molecule has 1 saturated carbocycles. The van der Waals surface area contributed by atoms with Gasteiger partial charge in [-0.15, -0.1) is 0 Å². The number of hydrogen-bond acceptors (Lipinski definition) is 2. The summed E-state index contributed by atoms with van der Waals surface area (Å²) in [5.74, 6) is -0.969. The van der Waals surface area contributed by atoms with Crippen LogP contribution in [0.2, 0.25) is 0 Å². The molecule has 0 aromatic rings. The van der Waals surface area contributed by atoms with E-state index in [4.69, 9.17) is 0 Å². The third-order valence-corrected chi connectivity index (χ3v) is 3.28. The Hall–Kier alpha value is -1.06. The highest BCUT2D eigenvalue weighted by Crippen LogP contribution is 2.39. The normalized spacial score (nSPS) is 19.7. The topological polar surface area (TPSA) is 66.4 Å². The fourth-order valence-corrected chi connectivity index (χ4v) is 2.46. The zero-order valence-electron chi connectivity index (χ0n) is 11.0. The second kappa shape index (κ2) is 5.07. The van der Waals surface area contributed by atoms with Crippen molar-refractivity contribution in [3.05, 3.63) is 0 Å². The fourth-order valence-electron chi connectivity index (χ4n) is 2.46. The molecule has 2 N–H and O–H groups in total. The Labute approximate surface area is 103 Å². The molecule has 1 aliphatic rings. The van der Waals surface area contributed by atoms with E-state index >= 15 is 0 Å². The summed E-state index contributed by atoms with van der Waals surface area (Å²) in [5.41, 5.74) is -1.13. The average molecular weight is 241 g/mol.